The molecule has 0 bridgehead atoms. The van der Waals surface area contributed by atoms with Crippen molar-refractivity contribution >= 4 is 49.0 Å². The van der Waals surface area contributed by atoms with Crippen LogP contribution in [0.2, 0.25) is 0 Å². The van der Waals surface area contributed by atoms with Crippen LogP contribution in [-0.2, 0) is 26.0 Å². The number of carbonyl (C=O) groups excluding carboxylic acids is 2. The van der Waals surface area contributed by atoms with Crippen LogP contribution >= 0.6 is 15.9 Å². The number of anilines is 1. The summed E-state index contributed by atoms with van der Waals surface area (Å²) in [4.78, 5) is 29.5. The maximum Gasteiger partial charge on any atom is 0.244 e. The van der Waals surface area contributed by atoms with Gasteiger partial charge in [-0.15, -0.1) is 0 Å². The average molecular weight is 587 g/mol. The summed E-state index contributed by atoms with van der Waals surface area (Å²) < 4.78 is 29.5. The van der Waals surface area contributed by atoms with E-state index in [1.54, 1.807) is 11.0 Å². The molecule has 0 spiro atoms. The van der Waals surface area contributed by atoms with Crippen LogP contribution in [0.25, 0.3) is 5.57 Å². The first-order chi connectivity index (χ1) is 17.8. The van der Waals surface area contributed by atoms with Gasteiger partial charge in [0.15, 0.2) is 0 Å². The van der Waals surface area contributed by atoms with Gasteiger partial charge < -0.3 is 9.80 Å². The maximum absolute atomic E-state index is 13.8. The summed E-state index contributed by atoms with van der Waals surface area (Å²) in [6, 6.07) is 13.6. The summed E-state index contributed by atoms with van der Waals surface area (Å²) in [6.45, 7) is 4.11. The number of rotatable bonds is 5. The predicted molar refractivity (Wildman–Crippen MR) is 148 cm³/mol. The molecule has 7 nitrogen and oxygen atoms in total. The summed E-state index contributed by atoms with van der Waals surface area (Å²) in [5.41, 5.74) is 4.07. The highest BCUT2D eigenvalue weighted by molar-refractivity contribution is 9.10. The summed E-state index contributed by atoms with van der Waals surface area (Å²) in [5.74, 6) is -0.350. The minimum absolute atomic E-state index is 0.0148. The number of hydrogen-bond donors (Lipinski definition) is 0. The topological polar surface area (TPSA) is 78.0 Å². The SMILES string of the molecule is CCC(=O)N1CCc2cc(Br)c(S(=O)(=O)N3CCCC(C(=O)N4CC=C(c5ccccc5)CC4)C3)cc21. The highest BCUT2D eigenvalue weighted by atomic mass is 79.9. The standard InChI is InChI=1S/C28H32BrN3O4S/c1-2-27(33)32-16-12-22-17-24(29)26(18-25(22)32)37(35,36)31-13-6-9-23(19-31)28(34)30-14-10-21(11-15-30)20-7-4-3-5-8-20/h3-5,7-8,10,17-18,23H,2,6,9,11-16,19H2,1H3. The zero-order valence-electron chi connectivity index (χ0n) is 21.0. The number of hydrogen-bond acceptors (Lipinski definition) is 4. The smallest absolute Gasteiger partial charge is 0.244 e. The Labute approximate surface area is 227 Å². The Hall–Kier alpha value is -2.49. The predicted octanol–water partition coefficient (Wildman–Crippen LogP) is 4.46. The van der Waals surface area contributed by atoms with Crippen molar-refractivity contribution in [2.75, 3.05) is 37.6 Å². The van der Waals surface area contributed by atoms with E-state index < -0.39 is 10.0 Å². The number of halogens is 1. The van der Waals surface area contributed by atoms with Crippen LogP contribution in [0.5, 0.6) is 0 Å². The van der Waals surface area contributed by atoms with Gasteiger partial charge in [-0.3, -0.25) is 9.59 Å². The molecule has 5 rings (SSSR count). The van der Waals surface area contributed by atoms with Crippen molar-refractivity contribution in [2.45, 2.75) is 43.9 Å². The summed E-state index contributed by atoms with van der Waals surface area (Å²) in [5, 5.41) is 0. The van der Waals surface area contributed by atoms with Crippen molar-refractivity contribution in [3.8, 4) is 0 Å². The Morgan fingerprint density at radius 1 is 1.05 bits per heavy atom. The van der Waals surface area contributed by atoms with Crippen molar-refractivity contribution in [1.82, 2.24) is 9.21 Å². The Morgan fingerprint density at radius 3 is 2.54 bits per heavy atom. The van der Waals surface area contributed by atoms with Crippen molar-refractivity contribution in [3.05, 3.63) is 64.1 Å². The Balaban J connectivity index is 1.32. The molecule has 3 aliphatic heterocycles. The fourth-order valence-corrected chi connectivity index (χ4v) is 8.17. The molecule has 9 heteroatoms. The molecule has 2 aromatic carbocycles. The molecule has 3 heterocycles. The van der Waals surface area contributed by atoms with E-state index in [9.17, 15) is 18.0 Å². The molecular weight excluding hydrogens is 554 g/mol. The van der Waals surface area contributed by atoms with Gasteiger partial charge in [0, 0.05) is 49.3 Å². The summed E-state index contributed by atoms with van der Waals surface area (Å²) in [6.07, 6.45) is 5.29. The first kappa shape index (κ1) is 26.1. The average Bonchev–Trinajstić information content (AvgIpc) is 3.35. The zero-order valence-corrected chi connectivity index (χ0v) is 23.4. The molecule has 196 valence electrons. The Bertz CT molecular complexity index is 1340. The van der Waals surface area contributed by atoms with Gasteiger partial charge in [0.05, 0.1) is 10.8 Å². The first-order valence-corrected chi connectivity index (χ1v) is 15.2. The molecule has 0 aromatic heterocycles. The number of sulfonamides is 1. The molecule has 37 heavy (non-hydrogen) atoms. The number of piperidine rings is 1. The second-order valence-electron chi connectivity index (χ2n) is 9.89. The fraction of sp³-hybridized carbons (Fsp3) is 0.429. The normalized spacial score (nSPS) is 20.5. The monoisotopic (exact) mass is 585 g/mol. The van der Waals surface area contributed by atoms with Crippen LogP contribution in [0, 0.1) is 5.92 Å². The van der Waals surface area contributed by atoms with Crippen molar-refractivity contribution in [3.63, 3.8) is 0 Å². The number of fused-ring (bicyclic) bond motifs is 1. The van der Waals surface area contributed by atoms with Crippen LogP contribution in [0.15, 0.2) is 57.9 Å². The first-order valence-electron chi connectivity index (χ1n) is 13.0. The van der Waals surface area contributed by atoms with Gasteiger partial charge in [-0.2, -0.15) is 4.31 Å². The lowest BCUT2D eigenvalue weighted by Gasteiger charge is -2.35. The number of nitrogens with zero attached hydrogens (tertiary/aromatic N) is 3. The van der Waals surface area contributed by atoms with Gasteiger partial charge in [-0.1, -0.05) is 43.3 Å². The molecule has 2 amide bonds. The van der Waals surface area contributed by atoms with E-state index in [-0.39, 0.29) is 29.2 Å². The molecule has 1 unspecified atom stereocenters. The second kappa shape index (κ2) is 10.7. The molecule has 1 fully saturated rings. The molecule has 1 saturated heterocycles. The van der Waals surface area contributed by atoms with Crippen LogP contribution in [-0.4, -0.2) is 62.2 Å². The molecular formula is C28H32BrN3O4S. The van der Waals surface area contributed by atoms with Crippen LogP contribution < -0.4 is 4.90 Å². The Kier molecular flexibility index (Phi) is 7.56. The fourth-order valence-electron chi connectivity index (χ4n) is 5.58. The number of amides is 2. The van der Waals surface area contributed by atoms with Gasteiger partial charge in [-0.25, -0.2) is 8.42 Å². The molecule has 1 atom stereocenters. The zero-order chi connectivity index (χ0) is 26.2. The van der Waals surface area contributed by atoms with E-state index in [1.807, 2.05) is 36.1 Å². The van der Waals surface area contributed by atoms with Gasteiger partial charge >= 0.3 is 0 Å². The molecule has 2 aromatic rings. The van der Waals surface area contributed by atoms with E-state index >= 15 is 0 Å². The maximum atomic E-state index is 13.8. The lowest BCUT2D eigenvalue weighted by atomic mass is 9.95. The lowest BCUT2D eigenvalue weighted by molar-refractivity contribution is -0.136. The second-order valence-corrected chi connectivity index (χ2v) is 12.7. The molecule has 0 aliphatic carbocycles. The summed E-state index contributed by atoms with van der Waals surface area (Å²) in [7, 11) is -3.85. The van der Waals surface area contributed by atoms with Crippen molar-refractivity contribution in [1.29, 1.82) is 0 Å². The molecule has 0 N–H and O–H groups in total. The Morgan fingerprint density at radius 2 is 1.84 bits per heavy atom. The third-order valence-electron chi connectivity index (χ3n) is 7.65. The minimum atomic E-state index is -3.85. The van der Waals surface area contributed by atoms with Crippen LogP contribution in [0.4, 0.5) is 5.69 Å². The summed E-state index contributed by atoms with van der Waals surface area (Å²) >= 11 is 3.47. The lowest BCUT2D eigenvalue weighted by Crippen LogP contribution is -2.47. The van der Waals surface area contributed by atoms with E-state index in [2.05, 4.69) is 34.1 Å². The highest BCUT2D eigenvalue weighted by Gasteiger charge is 2.37. The van der Waals surface area contributed by atoms with E-state index in [4.69, 9.17) is 0 Å². The van der Waals surface area contributed by atoms with Crippen LogP contribution in [0.3, 0.4) is 0 Å². The quantitative estimate of drug-likeness (QED) is 0.519. The van der Waals surface area contributed by atoms with E-state index in [1.165, 1.54) is 15.4 Å². The van der Waals surface area contributed by atoms with Gasteiger partial charge in [0.25, 0.3) is 0 Å². The van der Waals surface area contributed by atoms with Crippen molar-refractivity contribution in [2.24, 2.45) is 5.92 Å². The van der Waals surface area contributed by atoms with Gasteiger partial charge in [0.1, 0.15) is 0 Å². The van der Waals surface area contributed by atoms with E-state index in [0.717, 1.165) is 12.0 Å². The van der Waals surface area contributed by atoms with Crippen LogP contribution in [0.1, 0.15) is 43.7 Å². The minimum Gasteiger partial charge on any atom is -0.338 e. The molecule has 0 radical (unpaired) electrons. The number of benzene rings is 2. The van der Waals surface area contributed by atoms with Gasteiger partial charge in [-0.05, 0) is 70.4 Å². The molecule has 3 aliphatic rings. The highest BCUT2D eigenvalue weighted by Crippen LogP contribution is 2.38. The van der Waals surface area contributed by atoms with Crippen molar-refractivity contribution < 1.29 is 18.0 Å². The molecule has 0 saturated carbocycles. The largest absolute Gasteiger partial charge is 0.338 e. The third kappa shape index (κ3) is 5.13. The van der Waals surface area contributed by atoms with E-state index in [0.29, 0.717) is 62.0 Å². The number of carbonyl (C=O) groups is 2. The van der Waals surface area contributed by atoms with Gasteiger partial charge in [0.2, 0.25) is 21.8 Å². The third-order valence-corrected chi connectivity index (χ3v) is 10.5.